The molecule has 3 aromatic rings. The molecule has 1 heterocycles. The fourth-order valence-corrected chi connectivity index (χ4v) is 3.01. The summed E-state index contributed by atoms with van der Waals surface area (Å²) in [6, 6.07) is 13.2. The molecular weight excluding hydrogens is 412 g/mol. The molecule has 0 aliphatic rings. The van der Waals surface area contributed by atoms with Crippen molar-refractivity contribution in [2.45, 2.75) is 13.0 Å². The number of nitro groups is 1. The van der Waals surface area contributed by atoms with Crippen LogP contribution in [0.3, 0.4) is 0 Å². The number of nitro benzene ring substituents is 1. The second-order valence-corrected chi connectivity index (χ2v) is 7.01. The molecule has 0 spiro atoms. The summed E-state index contributed by atoms with van der Waals surface area (Å²) in [6.45, 7) is 1.84. The van der Waals surface area contributed by atoms with E-state index >= 15 is 0 Å². The van der Waals surface area contributed by atoms with Crippen molar-refractivity contribution in [3.63, 3.8) is 0 Å². The summed E-state index contributed by atoms with van der Waals surface area (Å²) < 4.78 is 2.51. The Balaban J connectivity index is 1.85. The molecule has 1 aromatic heterocycles. The highest BCUT2D eigenvalue weighted by Crippen LogP contribution is 2.25. The molecule has 2 aromatic carbocycles. The van der Waals surface area contributed by atoms with E-state index in [9.17, 15) is 14.9 Å². The molecule has 1 atom stereocenters. The highest BCUT2D eigenvalue weighted by atomic mass is 79.9. The SMILES string of the molecule is C[C@H](c1cccc([N+](=O)[O-])c1)N(C)C(=O)c1cccc(-n2cc(Br)cn2)c1. The predicted octanol–water partition coefficient (Wildman–Crippen LogP) is 4.38. The van der Waals surface area contributed by atoms with Gasteiger partial charge in [0.2, 0.25) is 0 Å². The molecule has 0 saturated heterocycles. The monoisotopic (exact) mass is 428 g/mol. The number of carbonyl (C=O) groups excluding carboxylic acids is 1. The maximum absolute atomic E-state index is 12.9. The molecular formula is C19H17BrN4O3. The average molecular weight is 429 g/mol. The smallest absolute Gasteiger partial charge is 0.269 e. The minimum absolute atomic E-state index is 0.00598. The van der Waals surface area contributed by atoms with Crippen molar-refractivity contribution >= 4 is 27.5 Å². The Bertz CT molecular complexity index is 1000. The van der Waals surface area contributed by atoms with E-state index in [-0.39, 0.29) is 17.6 Å². The van der Waals surface area contributed by atoms with Crippen LogP contribution in [0.4, 0.5) is 5.69 Å². The normalized spacial score (nSPS) is 11.8. The molecule has 0 fully saturated rings. The van der Waals surface area contributed by atoms with E-state index < -0.39 is 4.92 Å². The van der Waals surface area contributed by atoms with Crippen LogP contribution in [0.5, 0.6) is 0 Å². The average Bonchev–Trinajstić information content (AvgIpc) is 3.13. The van der Waals surface area contributed by atoms with E-state index in [0.29, 0.717) is 11.1 Å². The molecule has 0 N–H and O–H groups in total. The van der Waals surface area contributed by atoms with Gasteiger partial charge in [-0.3, -0.25) is 14.9 Å². The zero-order valence-corrected chi connectivity index (χ0v) is 16.3. The van der Waals surface area contributed by atoms with Crippen LogP contribution in [0, 0.1) is 10.1 Å². The quantitative estimate of drug-likeness (QED) is 0.446. The summed E-state index contributed by atoms with van der Waals surface area (Å²) in [5.74, 6) is -0.179. The summed E-state index contributed by atoms with van der Waals surface area (Å²) in [6.07, 6.45) is 3.48. The van der Waals surface area contributed by atoms with Gasteiger partial charge in [0.15, 0.2) is 0 Å². The lowest BCUT2D eigenvalue weighted by Gasteiger charge is -2.25. The Morgan fingerprint density at radius 3 is 2.67 bits per heavy atom. The molecule has 0 radical (unpaired) electrons. The van der Waals surface area contributed by atoms with Crippen LogP contribution >= 0.6 is 15.9 Å². The molecule has 7 nitrogen and oxygen atoms in total. The highest BCUT2D eigenvalue weighted by molar-refractivity contribution is 9.10. The lowest BCUT2D eigenvalue weighted by molar-refractivity contribution is -0.384. The number of aromatic nitrogens is 2. The minimum Gasteiger partial charge on any atom is -0.335 e. The number of non-ortho nitro benzene ring substituents is 1. The molecule has 27 heavy (non-hydrogen) atoms. The van der Waals surface area contributed by atoms with Crippen molar-refractivity contribution in [2.24, 2.45) is 0 Å². The van der Waals surface area contributed by atoms with Crippen LogP contribution in [0.2, 0.25) is 0 Å². The molecule has 3 rings (SSSR count). The van der Waals surface area contributed by atoms with Gasteiger partial charge in [-0.25, -0.2) is 4.68 Å². The first-order valence-electron chi connectivity index (χ1n) is 8.19. The molecule has 0 aliphatic heterocycles. The maximum Gasteiger partial charge on any atom is 0.269 e. The lowest BCUT2D eigenvalue weighted by atomic mass is 10.1. The molecule has 0 unspecified atom stereocenters. The number of nitrogens with zero attached hydrogens (tertiary/aromatic N) is 4. The Hall–Kier alpha value is -3.00. The second-order valence-electron chi connectivity index (χ2n) is 6.10. The van der Waals surface area contributed by atoms with Gasteiger partial charge in [-0.2, -0.15) is 5.10 Å². The topological polar surface area (TPSA) is 81.3 Å². The van der Waals surface area contributed by atoms with Crippen molar-refractivity contribution in [1.29, 1.82) is 0 Å². The lowest BCUT2D eigenvalue weighted by Crippen LogP contribution is -2.29. The zero-order chi connectivity index (χ0) is 19.6. The van der Waals surface area contributed by atoms with Gasteiger partial charge in [0, 0.05) is 30.9 Å². The maximum atomic E-state index is 12.9. The van der Waals surface area contributed by atoms with Crippen LogP contribution in [-0.4, -0.2) is 32.6 Å². The second kappa shape index (κ2) is 7.71. The van der Waals surface area contributed by atoms with Crippen LogP contribution < -0.4 is 0 Å². The molecule has 0 aliphatic carbocycles. The van der Waals surface area contributed by atoms with Crippen LogP contribution in [0.15, 0.2) is 65.4 Å². The van der Waals surface area contributed by atoms with Gasteiger partial charge in [-0.15, -0.1) is 0 Å². The predicted molar refractivity (Wildman–Crippen MR) is 105 cm³/mol. The third-order valence-corrected chi connectivity index (χ3v) is 4.78. The number of hydrogen-bond acceptors (Lipinski definition) is 4. The van der Waals surface area contributed by atoms with Crippen LogP contribution in [-0.2, 0) is 0 Å². The summed E-state index contributed by atoms with van der Waals surface area (Å²) in [5, 5.41) is 15.2. The van der Waals surface area contributed by atoms with Gasteiger partial charge in [0.05, 0.1) is 27.3 Å². The molecule has 0 saturated carbocycles. The third-order valence-electron chi connectivity index (χ3n) is 4.37. The molecule has 0 bridgehead atoms. The Morgan fingerprint density at radius 1 is 1.26 bits per heavy atom. The van der Waals surface area contributed by atoms with E-state index in [1.807, 2.05) is 13.0 Å². The van der Waals surface area contributed by atoms with Crippen molar-refractivity contribution < 1.29 is 9.72 Å². The Labute approximate surface area is 164 Å². The minimum atomic E-state index is -0.441. The molecule has 138 valence electrons. The van der Waals surface area contributed by atoms with Gasteiger partial charge < -0.3 is 4.90 Å². The fourth-order valence-electron chi connectivity index (χ4n) is 2.72. The first-order chi connectivity index (χ1) is 12.9. The van der Waals surface area contributed by atoms with Crippen molar-refractivity contribution in [1.82, 2.24) is 14.7 Å². The van der Waals surface area contributed by atoms with Gasteiger partial charge >= 0.3 is 0 Å². The molecule has 8 heteroatoms. The van der Waals surface area contributed by atoms with Gasteiger partial charge in [-0.1, -0.05) is 18.2 Å². The molecule has 1 amide bonds. The summed E-state index contributed by atoms with van der Waals surface area (Å²) in [4.78, 5) is 25.0. The fraction of sp³-hybridized carbons (Fsp3) is 0.158. The summed E-state index contributed by atoms with van der Waals surface area (Å²) >= 11 is 3.35. The number of benzene rings is 2. The number of amides is 1. The van der Waals surface area contributed by atoms with Crippen molar-refractivity contribution in [3.8, 4) is 5.69 Å². The van der Waals surface area contributed by atoms with E-state index in [1.54, 1.807) is 59.4 Å². The Morgan fingerprint density at radius 2 is 2.00 bits per heavy atom. The van der Waals surface area contributed by atoms with Crippen molar-refractivity contribution in [3.05, 3.63) is 86.6 Å². The van der Waals surface area contributed by atoms with Gasteiger partial charge in [0.25, 0.3) is 11.6 Å². The van der Waals surface area contributed by atoms with Gasteiger partial charge in [0.1, 0.15) is 0 Å². The Kier molecular flexibility index (Phi) is 5.36. The van der Waals surface area contributed by atoms with Gasteiger partial charge in [-0.05, 0) is 46.6 Å². The number of hydrogen-bond donors (Lipinski definition) is 0. The van der Waals surface area contributed by atoms with E-state index in [2.05, 4.69) is 21.0 Å². The highest BCUT2D eigenvalue weighted by Gasteiger charge is 2.21. The number of carbonyl (C=O) groups is 1. The third kappa shape index (κ3) is 4.06. The zero-order valence-electron chi connectivity index (χ0n) is 14.7. The van der Waals surface area contributed by atoms with Crippen LogP contribution in [0.25, 0.3) is 5.69 Å². The standard InChI is InChI=1S/C19H17BrN4O3/c1-13(14-5-3-8-18(9-14)24(26)27)22(2)19(25)15-6-4-7-17(10-15)23-12-16(20)11-21-23/h3-13H,1-2H3/t13-/m1/s1. The van der Waals surface area contributed by atoms with E-state index in [4.69, 9.17) is 0 Å². The van der Waals surface area contributed by atoms with E-state index in [0.717, 1.165) is 10.2 Å². The number of halogens is 1. The summed E-state index contributed by atoms with van der Waals surface area (Å²) in [7, 11) is 1.68. The largest absolute Gasteiger partial charge is 0.335 e. The van der Waals surface area contributed by atoms with Crippen molar-refractivity contribution in [2.75, 3.05) is 7.05 Å². The van der Waals surface area contributed by atoms with Crippen LogP contribution in [0.1, 0.15) is 28.9 Å². The number of rotatable bonds is 5. The van der Waals surface area contributed by atoms with E-state index in [1.165, 1.54) is 12.1 Å². The first-order valence-corrected chi connectivity index (χ1v) is 8.98. The summed E-state index contributed by atoms with van der Waals surface area (Å²) in [5.41, 5.74) is 1.99. The first kappa shape index (κ1) is 18.8.